The zero-order chi connectivity index (χ0) is 25.4. The van der Waals surface area contributed by atoms with Crippen LogP contribution in [0.4, 0.5) is 0 Å². The third-order valence-electron chi connectivity index (χ3n) is 7.18. The summed E-state index contributed by atoms with van der Waals surface area (Å²) in [6.45, 7) is 13.7. The predicted molar refractivity (Wildman–Crippen MR) is 147 cm³/mol. The Bertz CT molecular complexity index is 927. The van der Waals surface area contributed by atoms with E-state index in [0.717, 1.165) is 68.4 Å². The summed E-state index contributed by atoms with van der Waals surface area (Å²) in [5.41, 5.74) is 18.6. The van der Waals surface area contributed by atoms with Crippen LogP contribution < -0.4 is 16.8 Å². The Hall–Kier alpha value is -1.64. The van der Waals surface area contributed by atoms with Crippen LogP contribution in [0.1, 0.15) is 68.7 Å². The number of nitrogens with zero attached hydrogens (tertiary/aromatic N) is 1. The van der Waals surface area contributed by atoms with E-state index in [9.17, 15) is 0 Å². The SMILES string of the molecule is C\C=C(/C=C\C(=C(/N)CN)C1CCOC1)C(C)(C)CNCc1nc(C(C)S)ccc1[C@H]1CCOC1. The number of aromatic nitrogens is 1. The molecule has 5 N–H and O–H groups in total. The highest BCUT2D eigenvalue weighted by Crippen LogP contribution is 2.31. The average Bonchev–Trinajstić information content (AvgIpc) is 3.56. The number of thiol groups is 1. The van der Waals surface area contributed by atoms with Crippen LogP contribution in [0, 0.1) is 11.3 Å². The first kappa shape index (κ1) is 27.9. The second-order valence-electron chi connectivity index (χ2n) is 10.3. The molecule has 0 bridgehead atoms. The van der Waals surface area contributed by atoms with Crippen LogP contribution in [0.15, 0.2) is 47.2 Å². The van der Waals surface area contributed by atoms with Crippen molar-refractivity contribution in [3.8, 4) is 0 Å². The van der Waals surface area contributed by atoms with Gasteiger partial charge in [-0.15, -0.1) is 0 Å². The quantitative estimate of drug-likeness (QED) is 0.266. The average molecular weight is 501 g/mol. The van der Waals surface area contributed by atoms with E-state index in [1.807, 2.05) is 0 Å². The van der Waals surface area contributed by atoms with Crippen LogP contribution in [0.3, 0.4) is 0 Å². The minimum absolute atomic E-state index is 0.0783. The van der Waals surface area contributed by atoms with Crippen LogP contribution in [0.5, 0.6) is 0 Å². The second kappa shape index (κ2) is 13.1. The van der Waals surface area contributed by atoms with Crippen LogP contribution in [-0.2, 0) is 16.0 Å². The van der Waals surface area contributed by atoms with Crippen molar-refractivity contribution in [2.45, 2.75) is 58.2 Å². The molecule has 0 radical (unpaired) electrons. The molecule has 1 aromatic heterocycles. The van der Waals surface area contributed by atoms with Gasteiger partial charge in [0, 0.05) is 61.0 Å². The number of ether oxygens (including phenoxy) is 2. The van der Waals surface area contributed by atoms with Gasteiger partial charge in [0.1, 0.15) is 0 Å². The monoisotopic (exact) mass is 500 g/mol. The van der Waals surface area contributed by atoms with Crippen molar-refractivity contribution in [2.24, 2.45) is 22.8 Å². The van der Waals surface area contributed by atoms with Gasteiger partial charge in [0.05, 0.1) is 24.6 Å². The summed E-state index contributed by atoms with van der Waals surface area (Å²) in [6.07, 6.45) is 8.57. The Balaban J connectivity index is 1.70. The van der Waals surface area contributed by atoms with Gasteiger partial charge in [0.25, 0.3) is 0 Å². The second-order valence-corrected chi connectivity index (χ2v) is 11.1. The number of nitrogens with one attached hydrogen (secondary N) is 1. The maximum absolute atomic E-state index is 6.27. The van der Waals surface area contributed by atoms with E-state index in [4.69, 9.17) is 25.9 Å². The Kier molecular flexibility index (Phi) is 10.4. The minimum Gasteiger partial charge on any atom is -0.401 e. The Morgan fingerprint density at radius 3 is 2.57 bits per heavy atom. The van der Waals surface area contributed by atoms with Gasteiger partial charge >= 0.3 is 0 Å². The van der Waals surface area contributed by atoms with Crippen molar-refractivity contribution >= 4 is 12.6 Å². The molecule has 2 fully saturated rings. The van der Waals surface area contributed by atoms with Gasteiger partial charge in [0.15, 0.2) is 0 Å². The molecule has 0 aliphatic carbocycles. The fraction of sp³-hybridized carbons (Fsp3) is 0.607. The van der Waals surface area contributed by atoms with Crippen molar-refractivity contribution < 1.29 is 9.47 Å². The molecular formula is C28H44N4O2S. The molecule has 1 aromatic rings. The van der Waals surface area contributed by atoms with Gasteiger partial charge in [-0.25, -0.2) is 0 Å². The van der Waals surface area contributed by atoms with E-state index in [0.29, 0.717) is 25.0 Å². The van der Waals surface area contributed by atoms with Crippen molar-refractivity contribution in [2.75, 3.05) is 39.5 Å². The molecular weight excluding hydrogens is 456 g/mol. The predicted octanol–water partition coefficient (Wildman–Crippen LogP) is 4.40. The maximum Gasteiger partial charge on any atom is 0.0581 e. The molecule has 35 heavy (non-hydrogen) atoms. The molecule has 3 rings (SSSR count). The largest absolute Gasteiger partial charge is 0.401 e. The third-order valence-corrected chi connectivity index (χ3v) is 7.45. The number of pyridine rings is 1. The van der Waals surface area contributed by atoms with Crippen molar-refractivity contribution in [1.82, 2.24) is 10.3 Å². The molecule has 2 aliphatic heterocycles. The zero-order valence-corrected chi connectivity index (χ0v) is 22.7. The summed E-state index contributed by atoms with van der Waals surface area (Å²) >= 11 is 4.60. The van der Waals surface area contributed by atoms with Crippen LogP contribution in [0.2, 0.25) is 0 Å². The molecule has 0 amide bonds. The minimum atomic E-state index is -0.0783. The van der Waals surface area contributed by atoms with E-state index in [-0.39, 0.29) is 10.7 Å². The Morgan fingerprint density at radius 1 is 1.23 bits per heavy atom. The van der Waals surface area contributed by atoms with Crippen LogP contribution in [0.25, 0.3) is 0 Å². The summed E-state index contributed by atoms with van der Waals surface area (Å²) < 4.78 is 11.2. The topological polar surface area (TPSA) is 95.4 Å². The van der Waals surface area contributed by atoms with E-state index in [2.05, 4.69) is 76.0 Å². The highest BCUT2D eigenvalue weighted by molar-refractivity contribution is 7.80. The molecule has 3 atom stereocenters. The molecule has 0 spiro atoms. The lowest BCUT2D eigenvalue weighted by Crippen LogP contribution is -2.31. The smallest absolute Gasteiger partial charge is 0.0581 e. The fourth-order valence-corrected chi connectivity index (χ4v) is 5.09. The summed E-state index contributed by atoms with van der Waals surface area (Å²) in [6, 6.07) is 4.33. The van der Waals surface area contributed by atoms with E-state index >= 15 is 0 Å². The van der Waals surface area contributed by atoms with Crippen LogP contribution in [-0.4, -0.2) is 44.5 Å². The first-order valence-electron chi connectivity index (χ1n) is 12.8. The summed E-state index contributed by atoms with van der Waals surface area (Å²) in [7, 11) is 0. The van der Waals surface area contributed by atoms with E-state index in [1.165, 1.54) is 11.1 Å². The molecule has 2 saturated heterocycles. The molecule has 194 valence electrons. The fourth-order valence-electron chi connectivity index (χ4n) is 4.95. The van der Waals surface area contributed by atoms with Gasteiger partial charge < -0.3 is 26.3 Å². The number of nitrogens with two attached hydrogens (primary N) is 2. The maximum atomic E-state index is 6.27. The van der Waals surface area contributed by atoms with Crippen molar-refractivity contribution in [1.29, 1.82) is 0 Å². The normalized spacial score (nSPS) is 23.2. The standard InChI is InChI=1S/C28H44N4O2S/c1-5-22(6-7-23(25(30)14-29)20-10-12-33-16-20)28(3,4)18-31-15-27-24(21-11-13-34-17-21)8-9-26(32-27)19(2)35/h5-9,19-21,31,35H,10-18,29-30H2,1-4H3/b7-6-,22-5+,25-23+/t19?,20?,21-/m0/s1. The lowest BCUT2D eigenvalue weighted by atomic mass is 9.82. The summed E-state index contributed by atoms with van der Waals surface area (Å²) in [4.78, 5) is 4.97. The number of rotatable bonds is 11. The van der Waals surface area contributed by atoms with Gasteiger partial charge in [-0.1, -0.05) is 38.1 Å². The van der Waals surface area contributed by atoms with Gasteiger partial charge in [-0.3, -0.25) is 4.98 Å². The highest BCUT2D eigenvalue weighted by Gasteiger charge is 2.25. The van der Waals surface area contributed by atoms with Crippen molar-refractivity contribution in [3.63, 3.8) is 0 Å². The lowest BCUT2D eigenvalue weighted by Gasteiger charge is -2.28. The first-order valence-corrected chi connectivity index (χ1v) is 13.4. The molecule has 6 nitrogen and oxygen atoms in total. The van der Waals surface area contributed by atoms with Gasteiger partial charge in [-0.05, 0) is 49.5 Å². The summed E-state index contributed by atoms with van der Waals surface area (Å²) in [5.74, 6) is 0.739. The number of allylic oxidation sites excluding steroid dienone is 3. The lowest BCUT2D eigenvalue weighted by molar-refractivity contribution is 0.190. The Labute approximate surface area is 217 Å². The first-order chi connectivity index (χ1) is 16.8. The molecule has 2 aliphatic rings. The molecule has 3 heterocycles. The molecule has 7 heteroatoms. The summed E-state index contributed by atoms with van der Waals surface area (Å²) in [5, 5.41) is 3.79. The Morgan fingerprint density at radius 2 is 1.97 bits per heavy atom. The molecule has 0 aromatic carbocycles. The third kappa shape index (κ3) is 7.43. The van der Waals surface area contributed by atoms with Crippen LogP contribution >= 0.6 is 12.6 Å². The highest BCUT2D eigenvalue weighted by atomic mass is 32.1. The number of hydrogen-bond donors (Lipinski definition) is 4. The number of hydrogen-bond acceptors (Lipinski definition) is 7. The zero-order valence-electron chi connectivity index (χ0n) is 21.8. The molecule has 0 saturated carbocycles. The van der Waals surface area contributed by atoms with E-state index in [1.54, 1.807) is 0 Å². The van der Waals surface area contributed by atoms with Crippen molar-refractivity contribution in [3.05, 3.63) is 64.2 Å². The van der Waals surface area contributed by atoms with Gasteiger partial charge in [0.2, 0.25) is 0 Å². The molecule has 2 unspecified atom stereocenters. The van der Waals surface area contributed by atoms with Gasteiger partial charge in [-0.2, -0.15) is 12.6 Å². The van der Waals surface area contributed by atoms with E-state index < -0.39 is 0 Å².